The van der Waals surface area contributed by atoms with Gasteiger partial charge in [0.05, 0.1) is 18.3 Å². The largest absolute Gasteiger partial charge is 0.337 e. The first-order chi connectivity index (χ1) is 11.3. The van der Waals surface area contributed by atoms with Crippen molar-refractivity contribution >= 4 is 27.5 Å². The summed E-state index contributed by atoms with van der Waals surface area (Å²) in [6, 6.07) is 0. The normalized spacial score (nSPS) is 14.9. The molecule has 6 heteroatoms. The molecule has 3 rings (SSSR count). The Bertz CT molecular complexity index is 829. The van der Waals surface area contributed by atoms with Gasteiger partial charge in [-0.15, -0.1) is 11.3 Å². The van der Waals surface area contributed by atoms with Gasteiger partial charge in [0.25, 0.3) is 5.56 Å². The smallest absolute Gasteiger partial charge is 0.262 e. The van der Waals surface area contributed by atoms with Gasteiger partial charge >= 0.3 is 0 Å². The molecule has 1 aliphatic rings. The standard InChI is InChI=1S/C18H25N3O2S/c1-5-7-21-11-19-16-15(17(21)23)12-6-8-20(10-13(12)24-16)14(22)9-18(2,3)4/h11H,5-10H2,1-4H3. The van der Waals surface area contributed by atoms with Crippen LogP contribution in [0.4, 0.5) is 0 Å². The zero-order chi connectivity index (χ0) is 17.5. The molecule has 0 saturated heterocycles. The highest BCUT2D eigenvalue weighted by molar-refractivity contribution is 7.18. The number of thiophene rings is 1. The van der Waals surface area contributed by atoms with E-state index in [0.717, 1.165) is 33.5 Å². The van der Waals surface area contributed by atoms with Crippen molar-refractivity contribution in [3.63, 3.8) is 0 Å². The zero-order valence-corrected chi connectivity index (χ0v) is 15.7. The monoisotopic (exact) mass is 347 g/mol. The van der Waals surface area contributed by atoms with Crippen molar-refractivity contribution in [2.75, 3.05) is 6.54 Å². The van der Waals surface area contributed by atoms with E-state index in [0.29, 0.717) is 26.1 Å². The van der Waals surface area contributed by atoms with Gasteiger partial charge in [-0.2, -0.15) is 0 Å². The van der Waals surface area contributed by atoms with E-state index in [1.54, 1.807) is 22.2 Å². The van der Waals surface area contributed by atoms with Crippen molar-refractivity contribution in [3.05, 3.63) is 27.1 Å². The molecule has 0 spiro atoms. The third kappa shape index (κ3) is 3.24. The summed E-state index contributed by atoms with van der Waals surface area (Å²) in [6.45, 7) is 10.3. The van der Waals surface area contributed by atoms with Crippen molar-refractivity contribution in [3.8, 4) is 0 Å². The maximum atomic E-state index is 12.7. The van der Waals surface area contributed by atoms with Crippen LogP contribution >= 0.6 is 11.3 Å². The summed E-state index contributed by atoms with van der Waals surface area (Å²) in [5.41, 5.74) is 1.17. The Balaban J connectivity index is 1.92. The average Bonchev–Trinajstić information content (AvgIpc) is 2.86. The Morgan fingerprint density at radius 2 is 2.12 bits per heavy atom. The number of nitrogens with zero attached hydrogens (tertiary/aromatic N) is 3. The minimum Gasteiger partial charge on any atom is -0.337 e. The van der Waals surface area contributed by atoms with E-state index in [1.807, 2.05) is 4.90 Å². The third-order valence-corrected chi connectivity index (χ3v) is 5.45. The highest BCUT2D eigenvalue weighted by Crippen LogP contribution is 2.33. The van der Waals surface area contributed by atoms with E-state index in [2.05, 4.69) is 32.7 Å². The van der Waals surface area contributed by atoms with Crippen LogP contribution in [0.25, 0.3) is 10.2 Å². The molecule has 0 fully saturated rings. The van der Waals surface area contributed by atoms with E-state index < -0.39 is 0 Å². The Morgan fingerprint density at radius 3 is 2.79 bits per heavy atom. The molecule has 3 heterocycles. The Hall–Kier alpha value is -1.69. The molecule has 5 nitrogen and oxygen atoms in total. The predicted octanol–water partition coefficient (Wildman–Crippen LogP) is 3.19. The predicted molar refractivity (Wildman–Crippen MR) is 97.4 cm³/mol. The third-order valence-electron chi connectivity index (χ3n) is 4.33. The fourth-order valence-corrected chi connectivity index (χ4v) is 4.39. The maximum Gasteiger partial charge on any atom is 0.262 e. The van der Waals surface area contributed by atoms with Crippen LogP contribution in [-0.2, 0) is 24.3 Å². The van der Waals surface area contributed by atoms with Crippen LogP contribution < -0.4 is 5.56 Å². The molecule has 0 unspecified atom stereocenters. The van der Waals surface area contributed by atoms with Crippen molar-refractivity contribution in [2.24, 2.45) is 5.41 Å². The number of aromatic nitrogens is 2. The summed E-state index contributed by atoms with van der Waals surface area (Å²) in [5.74, 6) is 0.196. The van der Waals surface area contributed by atoms with Crippen LogP contribution in [0, 0.1) is 5.41 Å². The lowest BCUT2D eigenvalue weighted by molar-refractivity contribution is -0.133. The number of amides is 1. The molecule has 0 atom stereocenters. The molecule has 0 saturated carbocycles. The van der Waals surface area contributed by atoms with Crippen molar-refractivity contribution in [1.29, 1.82) is 0 Å². The molecule has 0 aliphatic carbocycles. The van der Waals surface area contributed by atoms with Gasteiger partial charge < -0.3 is 4.90 Å². The van der Waals surface area contributed by atoms with Gasteiger partial charge in [-0.3, -0.25) is 14.2 Å². The lowest BCUT2D eigenvalue weighted by Crippen LogP contribution is -2.37. The molecule has 130 valence electrons. The summed E-state index contributed by atoms with van der Waals surface area (Å²) in [4.78, 5) is 33.5. The molecule has 0 N–H and O–H groups in total. The van der Waals surface area contributed by atoms with Gasteiger partial charge in [0.15, 0.2) is 0 Å². The molecule has 2 aromatic rings. The molecular weight excluding hydrogens is 322 g/mol. The highest BCUT2D eigenvalue weighted by Gasteiger charge is 2.28. The number of hydrogen-bond acceptors (Lipinski definition) is 4. The van der Waals surface area contributed by atoms with Crippen LogP contribution in [0.1, 0.15) is 51.0 Å². The van der Waals surface area contributed by atoms with Crippen molar-refractivity contribution in [2.45, 2.75) is 60.0 Å². The lowest BCUT2D eigenvalue weighted by Gasteiger charge is -2.29. The minimum absolute atomic E-state index is 0.00698. The lowest BCUT2D eigenvalue weighted by atomic mass is 9.91. The Labute approximate surface area is 146 Å². The average molecular weight is 347 g/mol. The number of aryl methyl sites for hydroxylation is 1. The fourth-order valence-electron chi connectivity index (χ4n) is 3.20. The van der Waals surface area contributed by atoms with Gasteiger partial charge in [-0.25, -0.2) is 4.98 Å². The second-order valence-corrected chi connectivity index (χ2v) is 8.81. The van der Waals surface area contributed by atoms with Crippen LogP contribution in [0.2, 0.25) is 0 Å². The fraction of sp³-hybridized carbons (Fsp3) is 0.611. The molecule has 0 bridgehead atoms. The van der Waals surface area contributed by atoms with Gasteiger partial charge in [0, 0.05) is 24.4 Å². The summed E-state index contributed by atoms with van der Waals surface area (Å²) < 4.78 is 1.70. The van der Waals surface area contributed by atoms with E-state index in [4.69, 9.17) is 0 Å². The summed E-state index contributed by atoms with van der Waals surface area (Å²) in [7, 11) is 0. The number of carbonyl (C=O) groups excluding carboxylic acids is 1. The SMILES string of the molecule is CCCn1cnc2sc3c(c2c1=O)CCN(C(=O)CC(C)(C)C)C3. The van der Waals surface area contributed by atoms with E-state index in [-0.39, 0.29) is 16.9 Å². The second kappa shape index (κ2) is 6.31. The first-order valence-electron chi connectivity index (χ1n) is 8.57. The summed E-state index contributed by atoms with van der Waals surface area (Å²) in [5, 5.41) is 0.772. The second-order valence-electron chi connectivity index (χ2n) is 7.73. The summed E-state index contributed by atoms with van der Waals surface area (Å²) >= 11 is 1.56. The zero-order valence-electron chi connectivity index (χ0n) is 14.9. The highest BCUT2D eigenvalue weighted by atomic mass is 32.1. The number of hydrogen-bond donors (Lipinski definition) is 0. The van der Waals surface area contributed by atoms with Crippen LogP contribution in [0.15, 0.2) is 11.1 Å². The molecule has 24 heavy (non-hydrogen) atoms. The van der Waals surface area contributed by atoms with Crippen molar-refractivity contribution in [1.82, 2.24) is 14.5 Å². The quantitative estimate of drug-likeness (QED) is 0.857. The minimum atomic E-state index is -0.00698. The Morgan fingerprint density at radius 1 is 1.38 bits per heavy atom. The maximum absolute atomic E-state index is 12.7. The number of fused-ring (bicyclic) bond motifs is 3. The molecule has 2 aromatic heterocycles. The van der Waals surface area contributed by atoms with Gasteiger partial charge in [0.1, 0.15) is 4.83 Å². The topological polar surface area (TPSA) is 55.2 Å². The first-order valence-corrected chi connectivity index (χ1v) is 9.39. The van der Waals surface area contributed by atoms with E-state index in [1.165, 1.54) is 0 Å². The summed E-state index contributed by atoms with van der Waals surface area (Å²) in [6.07, 6.45) is 3.86. The number of rotatable bonds is 3. The van der Waals surface area contributed by atoms with Crippen LogP contribution in [0.5, 0.6) is 0 Å². The molecule has 0 radical (unpaired) electrons. The van der Waals surface area contributed by atoms with Crippen LogP contribution in [-0.4, -0.2) is 26.9 Å². The molecular formula is C18H25N3O2S. The van der Waals surface area contributed by atoms with E-state index >= 15 is 0 Å². The molecule has 0 aromatic carbocycles. The van der Waals surface area contributed by atoms with Gasteiger partial charge in [-0.1, -0.05) is 27.7 Å². The van der Waals surface area contributed by atoms with Crippen LogP contribution in [0.3, 0.4) is 0 Å². The molecule has 1 aliphatic heterocycles. The van der Waals surface area contributed by atoms with Gasteiger partial charge in [-0.05, 0) is 23.8 Å². The Kier molecular flexibility index (Phi) is 4.51. The van der Waals surface area contributed by atoms with Crippen molar-refractivity contribution < 1.29 is 4.79 Å². The van der Waals surface area contributed by atoms with E-state index in [9.17, 15) is 9.59 Å². The molecule has 1 amide bonds. The van der Waals surface area contributed by atoms with Gasteiger partial charge in [0.2, 0.25) is 5.91 Å². The number of carbonyl (C=O) groups is 1. The first kappa shape index (κ1) is 17.1.